The van der Waals surface area contributed by atoms with E-state index in [1.54, 1.807) is 37.4 Å². The zero-order chi connectivity index (χ0) is 42.8. The molecular weight excluding hydrogens is 760 g/mol. The quantitative estimate of drug-likeness (QED) is 0.0735. The van der Waals surface area contributed by atoms with E-state index in [1.807, 2.05) is 13.8 Å². The minimum atomic E-state index is -0.811. The Hall–Kier alpha value is -6.03. The Balaban J connectivity index is 0.000000311. The van der Waals surface area contributed by atoms with E-state index < -0.39 is 65.1 Å². The van der Waals surface area contributed by atoms with Gasteiger partial charge in [-0.05, 0) is 91.8 Å². The minimum absolute atomic E-state index is 0.0894. The van der Waals surface area contributed by atoms with E-state index in [-0.39, 0.29) is 35.6 Å². The number of aromatic nitrogens is 2. The molecule has 0 saturated carbocycles. The number of hydrogen-bond acceptors (Lipinski definition) is 8. The standard InChI is InChI=1S/C22H25F2N3O3.C20H23F2N3O3/c1-3-4-19(26-21(29)11-16-9-17(23)12-18(24)10-16)22(30)27-20-8-7-15(13-25-20)6-5-14(2)28;1-3-4-17(20(28)25-18-6-5-14(11-23-18)12(2)26)24-19(27)9-13-7-15(21)10-16(22)8-13/h7-10,12-13,19H,3-6,11H2,1-2H3,(H,26,29)(H,25,27,30);5-8,10-12,17,26H,3-4,9H2,1-2H3,(H,24,27)(H,23,25,28). The smallest absolute Gasteiger partial charge is 0.248 e. The summed E-state index contributed by atoms with van der Waals surface area (Å²) in [6, 6.07) is 10.7. The maximum absolute atomic E-state index is 13.3. The second-order valence-electron chi connectivity index (χ2n) is 13.6. The third-order valence-electron chi connectivity index (χ3n) is 8.39. The van der Waals surface area contributed by atoms with Crippen molar-refractivity contribution in [3.8, 4) is 0 Å². The molecule has 0 aliphatic heterocycles. The molecule has 2 aromatic carbocycles. The van der Waals surface area contributed by atoms with Gasteiger partial charge in [0, 0.05) is 30.9 Å². The van der Waals surface area contributed by atoms with Crippen LogP contribution in [0.2, 0.25) is 0 Å². The Bertz CT molecular complexity index is 1970. The molecule has 2 aromatic heterocycles. The number of aliphatic hydroxyl groups excluding tert-OH is 1. The highest BCUT2D eigenvalue weighted by Gasteiger charge is 2.22. The van der Waals surface area contributed by atoms with Crippen molar-refractivity contribution in [2.45, 2.75) is 97.2 Å². The van der Waals surface area contributed by atoms with Crippen molar-refractivity contribution < 1.29 is 46.6 Å². The number of nitrogens with zero attached hydrogens (tertiary/aromatic N) is 2. The molecule has 58 heavy (non-hydrogen) atoms. The lowest BCUT2D eigenvalue weighted by Crippen LogP contribution is -2.44. The molecule has 0 radical (unpaired) electrons. The van der Waals surface area contributed by atoms with E-state index in [4.69, 9.17) is 0 Å². The topological polar surface area (TPSA) is 179 Å². The highest BCUT2D eigenvalue weighted by Crippen LogP contribution is 2.15. The number of aliphatic hydroxyl groups is 1. The van der Waals surface area contributed by atoms with Gasteiger partial charge < -0.3 is 31.2 Å². The molecule has 12 nitrogen and oxygen atoms in total. The molecule has 3 atom stereocenters. The number of aryl methyl sites for hydroxylation is 1. The van der Waals surface area contributed by atoms with E-state index in [9.17, 15) is 46.6 Å². The van der Waals surface area contributed by atoms with Crippen molar-refractivity contribution in [2.75, 3.05) is 10.6 Å². The van der Waals surface area contributed by atoms with E-state index in [0.29, 0.717) is 49.9 Å². The molecule has 0 saturated heterocycles. The van der Waals surface area contributed by atoms with Crippen LogP contribution in [0.4, 0.5) is 29.2 Å². The summed E-state index contributed by atoms with van der Waals surface area (Å²) in [6.45, 7) is 6.86. The molecule has 5 N–H and O–H groups in total. The lowest BCUT2D eigenvalue weighted by atomic mass is 10.1. The van der Waals surface area contributed by atoms with Crippen LogP contribution in [0.3, 0.4) is 0 Å². The maximum Gasteiger partial charge on any atom is 0.248 e. The van der Waals surface area contributed by atoms with Crippen molar-refractivity contribution >= 4 is 41.0 Å². The predicted octanol–water partition coefficient (Wildman–Crippen LogP) is 6.23. The van der Waals surface area contributed by atoms with Crippen LogP contribution in [0.25, 0.3) is 0 Å². The van der Waals surface area contributed by atoms with Gasteiger partial charge in [-0.2, -0.15) is 0 Å². The summed E-state index contributed by atoms with van der Waals surface area (Å²) in [6.07, 6.45) is 4.94. The summed E-state index contributed by atoms with van der Waals surface area (Å²) >= 11 is 0. The summed E-state index contributed by atoms with van der Waals surface area (Å²) in [7, 11) is 0. The average molecular weight is 809 g/mol. The van der Waals surface area contributed by atoms with Gasteiger partial charge in [0.05, 0.1) is 18.9 Å². The predicted molar refractivity (Wildman–Crippen MR) is 209 cm³/mol. The molecule has 4 rings (SSSR count). The van der Waals surface area contributed by atoms with Crippen molar-refractivity contribution in [3.05, 3.63) is 119 Å². The van der Waals surface area contributed by atoms with E-state index >= 15 is 0 Å². The fourth-order valence-corrected chi connectivity index (χ4v) is 5.52. The van der Waals surface area contributed by atoms with Gasteiger partial charge in [-0.25, -0.2) is 27.5 Å². The molecule has 16 heteroatoms. The summed E-state index contributed by atoms with van der Waals surface area (Å²) in [4.78, 5) is 68.8. The lowest BCUT2D eigenvalue weighted by molar-refractivity contribution is -0.126. The maximum atomic E-state index is 13.3. The van der Waals surface area contributed by atoms with Gasteiger partial charge in [-0.3, -0.25) is 19.2 Å². The number of pyridine rings is 2. The Morgan fingerprint density at radius 1 is 0.638 bits per heavy atom. The van der Waals surface area contributed by atoms with Crippen LogP contribution in [0.5, 0.6) is 0 Å². The monoisotopic (exact) mass is 808 g/mol. The number of hydrogen-bond donors (Lipinski definition) is 5. The minimum Gasteiger partial charge on any atom is -0.389 e. The highest BCUT2D eigenvalue weighted by atomic mass is 19.1. The van der Waals surface area contributed by atoms with Gasteiger partial charge in [0.15, 0.2) is 0 Å². The molecule has 4 aromatic rings. The first-order chi connectivity index (χ1) is 27.5. The van der Waals surface area contributed by atoms with Crippen LogP contribution in [-0.4, -0.2) is 56.6 Å². The van der Waals surface area contributed by atoms with Crippen molar-refractivity contribution in [2.24, 2.45) is 0 Å². The second kappa shape index (κ2) is 23.3. The number of halogens is 4. The van der Waals surface area contributed by atoms with Crippen molar-refractivity contribution in [3.63, 3.8) is 0 Å². The number of rotatable bonds is 18. The number of benzene rings is 2. The van der Waals surface area contributed by atoms with Gasteiger partial charge in [-0.1, -0.05) is 38.8 Å². The number of amides is 4. The number of carbonyl (C=O) groups is 5. The summed E-state index contributed by atoms with van der Waals surface area (Å²) in [5, 5.41) is 20.0. The van der Waals surface area contributed by atoms with Crippen LogP contribution < -0.4 is 21.3 Å². The number of nitrogens with one attached hydrogen (secondary N) is 4. The first-order valence-corrected chi connectivity index (χ1v) is 18.7. The zero-order valence-corrected chi connectivity index (χ0v) is 32.7. The lowest BCUT2D eigenvalue weighted by Gasteiger charge is -2.18. The first-order valence-electron chi connectivity index (χ1n) is 18.7. The molecular formula is C42H48F4N6O6. The Kier molecular flexibility index (Phi) is 18.6. The van der Waals surface area contributed by atoms with Gasteiger partial charge in [0.1, 0.15) is 52.8 Å². The van der Waals surface area contributed by atoms with Gasteiger partial charge in [0.2, 0.25) is 23.6 Å². The Morgan fingerprint density at radius 2 is 1.07 bits per heavy atom. The Labute approximate surface area is 334 Å². The van der Waals surface area contributed by atoms with E-state index in [1.165, 1.54) is 13.1 Å². The van der Waals surface area contributed by atoms with Gasteiger partial charge in [-0.15, -0.1) is 0 Å². The third kappa shape index (κ3) is 16.6. The Morgan fingerprint density at radius 3 is 1.41 bits per heavy atom. The van der Waals surface area contributed by atoms with E-state index in [2.05, 4.69) is 31.2 Å². The third-order valence-corrected chi connectivity index (χ3v) is 8.39. The first kappa shape index (κ1) is 46.4. The number of ketones is 1. The fraction of sp³-hybridized carbons (Fsp3) is 0.357. The second-order valence-corrected chi connectivity index (χ2v) is 13.6. The molecule has 0 spiro atoms. The number of carbonyl (C=O) groups excluding carboxylic acids is 5. The SMILES string of the molecule is CCCC(NC(=O)Cc1cc(F)cc(F)c1)C(=O)Nc1ccc(C(C)O)cn1.CCCC(NC(=O)Cc1cc(F)cc(F)c1)C(=O)Nc1ccc(CCC(C)=O)cn1. The molecule has 2 heterocycles. The van der Waals surface area contributed by atoms with Gasteiger partial charge >= 0.3 is 0 Å². The molecule has 0 aliphatic rings. The largest absolute Gasteiger partial charge is 0.389 e. The van der Waals surface area contributed by atoms with Crippen molar-refractivity contribution in [1.29, 1.82) is 0 Å². The molecule has 0 bridgehead atoms. The summed E-state index contributed by atoms with van der Waals surface area (Å²) < 4.78 is 53.1. The number of anilines is 2. The van der Waals surface area contributed by atoms with Crippen LogP contribution in [0.1, 0.15) is 88.2 Å². The van der Waals surface area contributed by atoms with Crippen LogP contribution >= 0.6 is 0 Å². The summed E-state index contributed by atoms with van der Waals surface area (Å²) in [5.41, 5.74) is 1.85. The van der Waals surface area contributed by atoms with Crippen LogP contribution in [0.15, 0.2) is 73.1 Å². The summed E-state index contributed by atoms with van der Waals surface area (Å²) in [5.74, 6) is -4.26. The average Bonchev–Trinajstić information content (AvgIpc) is 3.13. The van der Waals surface area contributed by atoms with Crippen LogP contribution in [0, 0.1) is 23.3 Å². The molecule has 3 unspecified atom stereocenters. The zero-order valence-electron chi connectivity index (χ0n) is 32.7. The fourth-order valence-electron chi connectivity index (χ4n) is 5.52. The number of Topliss-reactive ketones (excluding diaryl/α,β-unsaturated/α-hetero) is 1. The van der Waals surface area contributed by atoms with Gasteiger partial charge in [0.25, 0.3) is 0 Å². The van der Waals surface area contributed by atoms with Crippen LogP contribution in [-0.2, 0) is 43.2 Å². The van der Waals surface area contributed by atoms with Crippen molar-refractivity contribution in [1.82, 2.24) is 20.6 Å². The molecule has 0 aliphatic carbocycles. The molecule has 0 fully saturated rings. The molecule has 310 valence electrons. The molecule has 4 amide bonds. The normalized spacial score (nSPS) is 12.2. The highest BCUT2D eigenvalue weighted by molar-refractivity contribution is 5.97. The van der Waals surface area contributed by atoms with E-state index in [0.717, 1.165) is 42.0 Å².